The summed E-state index contributed by atoms with van der Waals surface area (Å²) in [4.78, 5) is 21.1. The van der Waals surface area contributed by atoms with Crippen LogP contribution in [0.5, 0.6) is 0 Å². The van der Waals surface area contributed by atoms with Gasteiger partial charge < -0.3 is 5.32 Å². The Hall–Kier alpha value is -1.46. The van der Waals surface area contributed by atoms with Crippen LogP contribution in [0.15, 0.2) is 24.5 Å². The lowest BCUT2D eigenvalue weighted by atomic mass is 9.99. The number of hydrogen-bond donors (Lipinski definition) is 1. The number of carbonyl (C=O) groups excluding carboxylic acids is 1. The fourth-order valence-electron chi connectivity index (χ4n) is 3.71. The van der Waals surface area contributed by atoms with Crippen LogP contribution in [0.1, 0.15) is 31.7 Å². The van der Waals surface area contributed by atoms with E-state index in [2.05, 4.69) is 33.1 Å². The van der Waals surface area contributed by atoms with Crippen LogP contribution in [0.3, 0.4) is 0 Å². The molecule has 0 bridgehead atoms. The highest BCUT2D eigenvalue weighted by molar-refractivity contribution is 5.78. The summed E-state index contributed by atoms with van der Waals surface area (Å²) in [5.74, 6) is 1.58. The molecule has 0 unspecified atom stereocenters. The van der Waals surface area contributed by atoms with Gasteiger partial charge in [0.1, 0.15) is 0 Å². The lowest BCUT2D eigenvalue weighted by Crippen LogP contribution is -2.42. The molecule has 2 fully saturated rings. The Balaban J connectivity index is 1.33. The van der Waals surface area contributed by atoms with E-state index in [1.807, 2.05) is 18.5 Å². The summed E-state index contributed by atoms with van der Waals surface area (Å²) in [5, 5.41) is 3.15. The van der Waals surface area contributed by atoms with Gasteiger partial charge in [-0.2, -0.15) is 0 Å². The molecule has 5 heteroatoms. The van der Waals surface area contributed by atoms with Crippen molar-refractivity contribution in [1.29, 1.82) is 0 Å². The highest BCUT2D eigenvalue weighted by atomic mass is 16.2. The minimum atomic E-state index is 0.190. The van der Waals surface area contributed by atoms with E-state index in [4.69, 9.17) is 0 Å². The smallest absolute Gasteiger partial charge is 0.234 e. The summed E-state index contributed by atoms with van der Waals surface area (Å²) >= 11 is 0. The first kappa shape index (κ1) is 17.4. The number of aromatic nitrogens is 1. The molecule has 3 heterocycles. The average molecular weight is 330 g/mol. The molecule has 0 saturated carbocycles. The van der Waals surface area contributed by atoms with Crippen molar-refractivity contribution in [3.8, 4) is 0 Å². The quantitative estimate of drug-likeness (QED) is 0.863. The van der Waals surface area contributed by atoms with Crippen molar-refractivity contribution in [3.63, 3.8) is 0 Å². The molecular weight excluding hydrogens is 300 g/mol. The minimum Gasteiger partial charge on any atom is -0.355 e. The van der Waals surface area contributed by atoms with Crippen LogP contribution in [0.2, 0.25) is 0 Å². The summed E-state index contributed by atoms with van der Waals surface area (Å²) < 4.78 is 0. The third-order valence-corrected chi connectivity index (χ3v) is 5.33. The van der Waals surface area contributed by atoms with Crippen molar-refractivity contribution < 1.29 is 4.79 Å². The van der Waals surface area contributed by atoms with Crippen molar-refractivity contribution >= 4 is 5.91 Å². The Morgan fingerprint density at radius 2 is 2.04 bits per heavy atom. The molecule has 1 amide bonds. The summed E-state index contributed by atoms with van der Waals surface area (Å²) in [6, 6.07) is 4.12. The number of rotatable bonds is 6. The lowest BCUT2D eigenvalue weighted by molar-refractivity contribution is -0.122. The molecule has 0 spiro atoms. The standard InChI is InChI=1S/C19H30N4O/c1-16-4-8-22(9-5-16)15-19(24)21-12-18-6-10-23(14-18)13-17-3-2-7-20-11-17/h2-3,7,11,16,18H,4-6,8-10,12-15H2,1H3,(H,21,24)/t18-/m0/s1. The van der Waals surface area contributed by atoms with E-state index in [1.165, 1.54) is 24.8 Å². The first-order chi connectivity index (χ1) is 11.7. The first-order valence-corrected chi connectivity index (χ1v) is 9.29. The molecule has 2 saturated heterocycles. The van der Waals surface area contributed by atoms with Crippen molar-refractivity contribution in [2.24, 2.45) is 11.8 Å². The first-order valence-electron chi connectivity index (χ1n) is 9.29. The van der Waals surface area contributed by atoms with Crippen LogP contribution >= 0.6 is 0 Å². The molecule has 1 N–H and O–H groups in total. The maximum atomic E-state index is 12.1. The number of piperidine rings is 1. The van der Waals surface area contributed by atoms with Gasteiger partial charge in [-0.1, -0.05) is 13.0 Å². The van der Waals surface area contributed by atoms with Gasteiger partial charge in [0.25, 0.3) is 0 Å². The van der Waals surface area contributed by atoms with Gasteiger partial charge in [0, 0.05) is 32.0 Å². The predicted octanol–water partition coefficient (Wildman–Crippen LogP) is 1.75. The van der Waals surface area contributed by atoms with Gasteiger partial charge in [0.05, 0.1) is 6.54 Å². The summed E-state index contributed by atoms with van der Waals surface area (Å²) in [7, 11) is 0. The minimum absolute atomic E-state index is 0.190. The number of nitrogens with one attached hydrogen (secondary N) is 1. The maximum absolute atomic E-state index is 12.1. The van der Waals surface area contributed by atoms with Gasteiger partial charge in [-0.25, -0.2) is 0 Å². The Morgan fingerprint density at radius 3 is 2.79 bits per heavy atom. The molecule has 0 aromatic carbocycles. The molecule has 1 atom stereocenters. The van der Waals surface area contributed by atoms with Gasteiger partial charge in [0.15, 0.2) is 0 Å². The Bertz CT molecular complexity index is 513. The number of pyridine rings is 1. The highest BCUT2D eigenvalue weighted by Crippen LogP contribution is 2.18. The fourth-order valence-corrected chi connectivity index (χ4v) is 3.71. The number of carbonyl (C=O) groups is 1. The molecule has 2 aliphatic rings. The van der Waals surface area contributed by atoms with Gasteiger partial charge in [-0.15, -0.1) is 0 Å². The third-order valence-electron chi connectivity index (χ3n) is 5.33. The molecule has 132 valence electrons. The predicted molar refractivity (Wildman–Crippen MR) is 95.5 cm³/mol. The number of amides is 1. The topological polar surface area (TPSA) is 48.5 Å². The molecule has 1 aromatic rings. The third kappa shape index (κ3) is 5.28. The highest BCUT2D eigenvalue weighted by Gasteiger charge is 2.23. The Labute approximate surface area is 145 Å². The second kappa shape index (κ2) is 8.58. The molecule has 2 aliphatic heterocycles. The molecule has 3 rings (SSSR count). The van der Waals surface area contributed by atoms with E-state index in [-0.39, 0.29) is 5.91 Å². The number of likely N-dealkylation sites (tertiary alicyclic amines) is 2. The Morgan fingerprint density at radius 1 is 1.25 bits per heavy atom. The van der Waals surface area contributed by atoms with E-state index in [0.29, 0.717) is 12.5 Å². The van der Waals surface area contributed by atoms with Gasteiger partial charge in [0.2, 0.25) is 5.91 Å². The van der Waals surface area contributed by atoms with E-state index in [1.54, 1.807) is 0 Å². The second-order valence-electron chi connectivity index (χ2n) is 7.51. The maximum Gasteiger partial charge on any atom is 0.234 e. The zero-order valence-electron chi connectivity index (χ0n) is 14.8. The average Bonchev–Trinajstić information content (AvgIpc) is 3.03. The van der Waals surface area contributed by atoms with Crippen molar-refractivity contribution in [1.82, 2.24) is 20.1 Å². The SMILES string of the molecule is CC1CCN(CC(=O)NC[C@@H]2CCN(Cc3cccnc3)C2)CC1. The monoisotopic (exact) mass is 330 g/mol. The molecule has 1 aromatic heterocycles. The fraction of sp³-hybridized carbons (Fsp3) is 0.684. The van der Waals surface area contributed by atoms with Gasteiger partial charge in [-0.3, -0.25) is 19.6 Å². The molecule has 0 radical (unpaired) electrons. The van der Waals surface area contributed by atoms with Crippen molar-refractivity contribution in [3.05, 3.63) is 30.1 Å². The molecular formula is C19H30N4O. The van der Waals surface area contributed by atoms with Crippen LogP contribution in [-0.2, 0) is 11.3 Å². The molecule has 0 aliphatic carbocycles. The zero-order chi connectivity index (χ0) is 16.8. The van der Waals surface area contributed by atoms with Crippen LogP contribution in [0, 0.1) is 11.8 Å². The van der Waals surface area contributed by atoms with Crippen LogP contribution in [-0.4, -0.2) is 60.0 Å². The Kier molecular flexibility index (Phi) is 6.21. The van der Waals surface area contributed by atoms with E-state index >= 15 is 0 Å². The van der Waals surface area contributed by atoms with Crippen LogP contribution < -0.4 is 5.32 Å². The molecule has 24 heavy (non-hydrogen) atoms. The summed E-state index contributed by atoms with van der Waals surface area (Å²) in [6.45, 7) is 8.95. The van der Waals surface area contributed by atoms with E-state index in [9.17, 15) is 4.79 Å². The van der Waals surface area contributed by atoms with Crippen molar-refractivity contribution in [2.75, 3.05) is 39.3 Å². The number of hydrogen-bond acceptors (Lipinski definition) is 4. The zero-order valence-corrected chi connectivity index (χ0v) is 14.8. The van der Waals surface area contributed by atoms with Gasteiger partial charge in [-0.05, 0) is 62.4 Å². The summed E-state index contributed by atoms with van der Waals surface area (Å²) in [5.41, 5.74) is 1.27. The van der Waals surface area contributed by atoms with Crippen LogP contribution in [0.4, 0.5) is 0 Å². The normalized spacial score (nSPS) is 23.5. The lowest BCUT2D eigenvalue weighted by Gasteiger charge is -2.29. The largest absolute Gasteiger partial charge is 0.355 e. The second-order valence-corrected chi connectivity index (χ2v) is 7.51. The van der Waals surface area contributed by atoms with Gasteiger partial charge >= 0.3 is 0 Å². The molecule has 5 nitrogen and oxygen atoms in total. The van der Waals surface area contributed by atoms with E-state index < -0.39 is 0 Å². The number of nitrogens with zero attached hydrogens (tertiary/aromatic N) is 3. The van der Waals surface area contributed by atoms with Crippen molar-refractivity contribution in [2.45, 2.75) is 32.7 Å². The van der Waals surface area contributed by atoms with E-state index in [0.717, 1.165) is 45.2 Å². The summed E-state index contributed by atoms with van der Waals surface area (Å²) in [6.07, 6.45) is 7.36. The van der Waals surface area contributed by atoms with Crippen LogP contribution in [0.25, 0.3) is 0 Å².